The van der Waals surface area contributed by atoms with E-state index >= 15 is 0 Å². The highest BCUT2D eigenvalue weighted by Gasteiger charge is 2.37. The first-order chi connectivity index (χ1) is 8.35. The smallest absolute Gasteiger partial charge is 0.0506 e. The average Bonchev–Trinajstić information content (AvgIpc) is 2.28. The van der Waals surface area contributed by atoms with Crippen LogP contribution < -0.4 is 5.32 Å². The molecule has 0 spiro atoms. The highest BCUT2D eigenvalue weighted by atomic mass is 32.2. The van der Waals surface area contributed by atoms with Crippen molar-refractivity contribution < 1.29 is 4.21 Å². The lowest BCUT2D eigenvalue weighted by Gasteiger charge is -2.40. The Bertz CT molecular complexity index is 276. The Balaban J connectivity index is 2.62. The molecule has 0 heterocycles. The van der Waals surface area contributed by atoms with E-state index in [9.17, 15) is 4.21 Å². The molecule has 0 bridgehead atoms. The van der Waals surface area contributed by atoms with Gasteiger partial charge in [0.25, 0.3) is 0 Å². The highest BCUT2D eigenvalue weighted by Crippen LogP contribution is 2.37. The molecule has 0 saturated heterocycles. The molecule has 1 N–H and O–H groups in total. The lowest BCUT2D eigenvalue weighted by molar-refractivity contribution is 0.213. The number of nitrogens with one attached hydrogen (secondary N) is 1. The van der Waals surface area contributed by atoms with Gasteiger partial charge in [-0.05, 0) is 43.6 Å². The van der Waals surface area contributed by atoms with Gasteiger partial charge in [-0.2, -0.15) is 0 Å². The maximum Gasteiger partial charge on any atom is 0.0506 e. The summed E-state index contributed by atoms with van der Waals surface area (Å²) < 4.78 is 12.5. The SMILES string of the molecule is CCNC1CCC(C)(C)CC1S(=O)CCC(C)C. The first-order valence-electron chi connectivity index (χ1n) is 7.46. The fraction of sp³-hybridized carbons (Fsp3) is 1.00. The third kappa shape index (κ3) is 5.00. The number of hydrogen-bond donors (Lipinski definition) is 1. The van der Waals surface area contributed by atoms with Gasteiger partial charge in [-0.3, -0.25) is 4.21 Å². The van der Waals surface area contributed by atoms with Gasteiger partial charge in [-0.15, -0.1) is 0 Å². The van der Waals surface area contributed by atoms with Crippen LogP contribution in [0, 0.1) is 11.3 Å². The molecule has 18 heavy (non-hydrogen) atoms. The summed E-state index contributed by atoms with van der Waals surface area (Å²) in [5.41, 5.74) is 0.365. The average molecular weight is 273 g/mol. The van der Waals surface area contributed by atoms with Crippen LogP contribution in [0.25, 0.3) is 0 Å². The summed E-state index contributed by atoms with van der Waals surface area (Å²) in [6.07, 6.45) is 4.62. The number of rotatable bonds is 6. The lowest BCUT2D eigenvalue weighted by Crippen LogP contribution is -2.48. The van der Waals surface area contributed by atoms with Crippen molar-refractivity contribution in [2.45, 2.75) is 71.6 Å². The molecular formula is C15H31NOS. The van der Waals surface area contributed by atoms with Gasteiger partial charge in [-0.25, -0.2) is 0 Å². The van der Waals surface area contributed by atoms with Gasteiger partial charge in [0, 0.05) is 22.6 Å². The van der Waals surface area contributed by atoms with Crippen LogP contribution in [0.5, 0.6) is 0 Å². The monoisotopic (exact) mass is 273 g/mol. The number of hydrogen-bond acceptors (Lipinski definition) is 2. The van der Waals surface area contributed by atoms with Gasteiger partial charge in [0.15, 0.2) is 0 Å². The Morgan fingerprint density at radius 3 is 2.61 bits per heavy atom. The summed E-state index contributed by atoms with van der Waals surface area (Å²) in [7, 11) is -0.668. The van der Waals surface area contributed by atoms with Crippen LogP contribution in [-0.2, 0) is 10.8 Å². The van der Waals surface area contributed by atoms with E-state index in [1.807, 2.05) is 0 Å². The van der Waals surface area contributed by atoms with E-state index in [-0.39, 0.29) is 0 Å². The summed E-state index contributed by atoms with van der Waals surface area (Å²) in [5.74, 6) is 1.53. The van der Waals surface area contributed by atoms with E-state index in [1.165, 1.54) is 12.8 Å². The molecule has 0 aromatic heterocycles. The van der Waals surface area contributed by atoms with Gasteiger partial charge >= 0.3 is 0 Å². The van der Waals surface area contributed by atoms with Gasteiger partial charge < -0.3 is 5.32 Å². The van der Waals surface area contributed by atoms with Crippen LogP contribution in [0.1, 0.15) is 60.3 Å². The molecule has 1 saturated carbocycles. The molecule has 0 amide bonds. The van der Waals surface area contributed by atoms with Crippen molar-refractivity contribution in [3.05, 3.63) is 0 Å². The summed E-state index contributed by atoms with van der Waals surface area (Å²) in [6.45, 7) is 12.2. The van der Waals surface area contributed by atoms with Gasteiger partial charge in [0.1, 0.15) is 0 Å². The zero-order chi connectivity index (χ0) is 13.8. The largest absolute Gasteiger partial charge is 0.313 e. The van der Waals surface area contributed by atoms with E-state index in [0.29, 0.717) is 22.6 Å². The van der Waals surface area contributed by atoms with Crippen molar-refractivity contribution in [2.75, 3.05) is 12.3 Å². The molecule has 3 heteroatoms. The van der Waals surface area contributed by atoms with Crippen molar-refractivity contribution in [1.29, 1.82) is 0 Å². The van der Waals surface area contributed by atoms with E-state index in [1.54, 1.807) is 0 Å². The zero-order valence-electron chi connectivity index (χ0n) is 12.8. The molecule has 108 valence electrons. The Hall–Kier alpha value is 0.110. The van der Waals surface area contributed by atoms with Crippen LogP contribution >= 0.6 is 0 Å². The predicted octanol–water partition coefficient (Wildman–Crippen LogP) is 3.34. The van der Waals surface area contributed by atoms with Gasteiger partial charge in [-0.1, -0.05) is 34.6 Å². The van der Waals surface area contributed by atoms with Crippen molar-refractivity contribution >= 4 is 10.8 Å². The fourth-order valence-corrected chi connectivity index (χ4v) is 5.04. The minimum atomic E-state index is -0.668. The second-order valence-electron chi connectivity index (χ2n) is 6.88. The molecule has 1 aliphatic rings. The third-order valence-corrected chi connectivity index (χ3v) is 5.84. The summed E-state index contributed by atoms with van der Waals surface area (Å²) >= 11 is 0. The van der Waals surface area contributed by atoms with Crippen molar-refractivity contribution in [3.8, 4) is 0 Å². The van der Waals surface area contributed by atoms with Crippen molar-refractivity contribution in [3.63, 3.8) is 0 Å². The van der Waals surface area contributed by atoms with Crippen molar-refractivity contribution in [2.24, 2.45) is 11.3 Å². The standard InChI is InChI=1S/C15H31NOS/c1-6-16-13-7-9-15(4,5)11-14(13)18(17)10-8-12(2)3/h12-14,16H,6-11H2,1-5H3. The second-order valence-corrected chi connectivity index (χ2v) is 8.65. The topological polar surface area (TPSA) is 29.1 Å². The van der Waals surface area contributed by atoms with Crippen LogP contribution in [0.4, 0.5) is 0 Å². The highest BCUT2D eigenvalue weighted by molar-refractivity contribution is 7.85. The molecular weight excluding hydrogens is 242 g/mol. The minimum Gasteiger partial charge on any atom is -0.313 e. The van der Waals surface area contributed by atoms with Crippen LogP contribution in [0.2, 0.25) is 0 Å². The third-order valence-electron chi connectivity index (χ3n) is 4.04. The van der Waals surface area contributed by atoms with E-state index in [4.69, 9.17) is 0 Å². The molecule has 0 aromatic rings. The predicted molar refractivity (Wildman–Crippen MR) is 81.3 cm³/mol. The quantitative estimate of drug-likeness (QED) is 0.804. The first kappa shape index (κ1) is 16.2. The summed E-state index contributed by atoms with van der Waals surface area (Å²) in [4.78, 5) is 0. The Kier molecular flexibility index (Phi) is 6.32. The molecule has 0 radical (unpaired) electrons. The second kappa shape index (κ2) is 7.04. The van der Waals surface area contributed by atoms with Gasteiger partial charge in [0.05, 0.1) is 5.25 Å². The Morgan fingerprint density at radius 1 is 1.39 bits per heavy atom. The zero-order valence-corrected chi connectivity index (χ0v) is 13.6. The summed E-state index contributed by atoms with van der Waals surface area (Å²) in [6, 6.07) is 0.469. The van der Waals surface area contributed by atoms with E-state index < -0.39 is 10.8 Å². The molecule has 1 fully saturated rings. The normalized spacial score (nSPS) is 29.4. The molecule has 3 atom stereocenters. The lowest BCUT2D eigenvalue weighted by atomic mass is 9.75. The van der Waals surface area contributed by atoms with Gasteiger partial charge in [0.2, 0.25) is 0 Å². The molecule has 0 aromatic carbocycles. The molecule has 3 unspecified atom stereocenters. The Morgan fingerprint density at radius 2 is 2.06 bits per heavy atom. The molecule has 1 rings (SSSR count). The first-order valence-corrected chi connectivity index (χ1v) is 8.84. The fourth-order valence-electron chi connectivity index (χ4n) is 2.80. The van der Waals surface area contributed by atoms with Crippen LogP contribution in [0.15, 0.2) is 0 Å². The maximum absolute atomic E-state index is 12.5. The Labute approximate surface area is 116 Å². The summed E-state index contributed by atoms with van der Waals surface area (Å²) in [5, 5.41) is 3.90. The molecule has 1 aliphatic carbocycles. The molecule has 2 nitrogen and oxygen atoms in total. The maximum atomic E-state index is 12.5. The molecule has 0 aliphatic heterocycles. The van der Waals surface area contributed by atoms with Crippen LogP contribution in [0.3, 0.4) is 0 Å². The van der Waals surface area contributed by atoms with Crippen LogP contribution in [-0.4, -0.2) is 27.8 Å². The van der Waals surface area contributed by atoms with E-state index in [0.717, 1.165) is 25.1 Å². The minimum absolute atomic E-state index is 0.354. The van der Waals surface area contributed by atoms with Crippen molar-refractivity contribution in [1.82, 2.24) is 5.32 Å². The van der Waals surface area contributed by atoms with E-state index in [2.05, 4.69) is 39.9 Å².